The van der Waals surface area contributed by atoms with Crippen molar-refractivity contribution in [1.29, 1.82) is 0 Å². The average Bonchev–Trinajstić information content (AvgIpc) is 2.85. The summed E-state index contributed by atoms with van der Waals surface area (Å²) in [5, 5.41) is 9.21. The Morgan fingerprint density at radius 3 is 2.73 bits per heavy atom. The lowest BCUT2D eigenvalue weighted by Gasteiger charge is -2.27. The Morgan fingerprint density at radius 2 is 2.00 bits per heavy atom. The van der Waals surface area contributed by atoms with Crippen LogP contribution in [0.5, 0.6) is 0 Å². The molecule has 0 saturated carbocycles. The molecule has 6 heteroatoms. The van der Waals surface area contributed by atoms with Crippen LogP contribution in [-0.4, -0.2) is 66.2 Å². The largest absolute Gasteiger partial charge is 0.478 e. The van der Waals surface area contributed by atoms with E-state index in [1.807, 2.05) is 6.07 Å². The van der Waals surface area contributed by atoms with Crippen molar-refractivity contribution in [1.82, 2.24) is 9.80 Å². The average molecular weight is 304 g/mol. The number of morpholine rings is 1. The van der Waals surface area contributed by atoms with E-state index in [0.29, 0.717) is 18.7 Å². The number of rotatable bonds is 5. The summed E-state index contributed by atoms with van der Waals surface area (Å²) < 4.78 is 5.31. The van der Waals surface area contributed by atoms with Gasteiger partial charge in [-0.1, -0.05) is 12.1 Å². The van der Waals surface area contributed by atoms with Crippen LogP contribution in [0.3, 0.4) is 0 Å². The molecule has 118 valence electrons. The summed E-state index contributed by atoms with van der Waals surface area (Å²) in [6.07, 6.45) is 0.891. The van der Waals surface area contributed by atoms with E-state index < -0.39 is 5.97 Å². The molecule has 0 bridgehead atoms. The molecular formula is C16H20N2O4. The fraction of sp³-hybridized carbons (Fsp3) is 0.500. The van der Waals surface area contributed by atoms with Gasteiger partial charge in [-0.3, -0.25) is 9.69 Å². The zero-order valence-corrected chi connectivity index (χ0v) is 12.5. The number of hydrogen-bond acceptors (Lipinski definition) is 4. The number of carboxylic acids is 1. The predicted octanol–water partition coefficient (Wildman–Crippen LogP) is 1.06. The first-order valence-electron chi connectivity index (χ1n) is 7.61. The molecule has 6 nitrogen and oxygen atoms in total. The van der Waals surface area contributed by atoms with Crippen LogP contribution in [0.15, 0.2) is 18.2 Å². The number of fused-ring (bicyclic) bond motifs is 1. The van der Waals surface area contributed by atoms with Gasteiger partial charge in [-0.05, 0) is 18.1 Å². The van der Waals surface area contributed by atoms with Crippen LogP contribution >= 0.6 is 0 Å². The number of carboxylic acid groups (broad SMARTS) is 1. The van der Waals surface area contributed by atoms with Gasteiger partial charge in [0.25, 0.3) is 5.91 Å². The minimum absolute atomic E-state index is 0.109. The molecule has 0 spiro atoms. The van der Waals surface area contributed by atoms with Crippen LogP contribution in [0.25, 0.3) is 0 Å². The van der Waals surface area contributed by atoms with Gasteiger partial charge in [-0.15, -0.1) is 0 Å². The molecule has 0 aliphatic carbocycles. The van der Waals surface area contributed by atoms with Gasteiger partial charge in [0.1, 0.15) is 0 Å². The molecule has 22 heavy (non-hydrogen) atoms. The van der Waals surface area contributed by atoms with E-state index in [4.69, 9.17) is 4.74 Å². The van der Waals surface area contributed by atoms with Crippen molar-refractivity contribution in [2.45, 2.75) is 13.0 Å². The molecule has 0 unspecified atom stereocenters. The molecule has 0 radical (unpaired) electrons. The second kappa shape index (κ2) is 6.46. The number of nitrogens with zero attached hydrogens (tertiary/aromatic N) is 2. The highest BCUT2D eigenvalue weighted by atomic mass is 16.5. The highest BCUT2D eigenvalue weighted by molar-refractivity contribution is 6.07. The molecule has 1 aromatic carbocycles. The SMILES string of the molecule is O=C(O)c1cccc2c1C(=O)N(CCCN1CCOCC1)C2. The lowest BCUT2D eigenvalue weighted by Crippen LogP contribution is -2.38. The quantitative estimate of drug-likeness (QED) is 0.881. The van der Waals surface area contributed by atoms with E-state index in [1.165, 1.54) is 6.07 Å². The van der Waals surface area contributed by atoms with Crippen LogP contribution in [0.4, 0.5) is 0 Å². The molecular weight excluding hydrogens is 284 g/mol. The summed E-state index contributed by atoms with van der Waals surface area (Å²) in [7, 11) is 0. The molecule has 1 saturated heterocycles. The van der Waals surface area contributed by atoms with Crippen LogP contribution in [0.2, 0.25) is 0 Å². The molecule has 2 aliphatic rings. The monoisotopic (exact) mass is 304 g/mol. The van der Waals surface area contributed by atoms with Crippen LogP contribution in [0.1, 0.15) is 32.7 Å². The zero-order chi connectivity index (χ0) is 15.5. The van der Waals surface area contributed by atoms with Crippen molar-refractivity contribution in [3.8, 4) is 0 Å². The van der Waals surface area contributed by atoms with Gasteiger partial charge in [0.2, 0.25) is 0 Å². The maximum Gasteiger partial charge on any atom is 0.336 e. The first-order valence-corrected chi connectivity index (χ1v) is 7.61. The van der Waals surface area contributed by atoms with Crippen molar-refractivity contribution in [2.24, 2.45) is 0 Å². The number of carbonyl (C=O) groups is 2. The van der Waals surface area contributed by atoms with E-state index >= 15 is 0 Å². The first-order chi connectivity index (χ1) is 10.7. The number of hydrogen-bond donors (Lipinski definition) is 1. The highest BCUT2D eigenvalue weighted by Crippen LogP contribution is 2.26. The molecule has 0 atom stereocenters. The second-order valence-corrected chi connectivity index (χ2v) is 5.68. The minimum atomic E-state index is -1.04. The van der Waals surface area contributed by atoms with Gasteiger partial charge < -0.3 is 14.7 Å². The van der Waals surface area contributed by atoms with Crippen molar-refractivity contribution < 1.29 is 19.4 Å². The third kappa shape index (κ3) is 2.98. The lowest BCUT2D eigenvalue weighted by molar-refractivity contribution is 0.0358. The Hall–Kier alpha value is -1.92. The third-order valence-electron chi connectivity index (χ3n) is 4.25. The minimum Gasteiger partial charge on any atom is -0.478 e. The van der Waals surface area contributed by atoms with Gasteiger partial charge in [0.15, 0.2) is 0 Å². The molecule has 2 aliphatic heterocycles. The van der Waals surface area contributed by atoms with E-state index in [2.05, 4.69) is 4.90 Å². The van der Waals surface area contributed by atoms with Crippen molar-refractivity contribution in [2.75, 3.05) is 39.4 Å². The summed E-state index contributed by atoms with van der Waals surface area (Å²) in [4.78, 5) is 27.8. The number of aromatic carboxylic acids is 1. The Labute approximate surface area is 129 Å². The number of carbonyl (C=O) groups excluding carboxylic acids is 1. The summed E-state index contributed by atoms with van der Waals surface area (Å²) in [6, 6.07) is 5.03. The number of amides is 1. The molecule has 1 fully saturated rings. The van der Waals surface area contributed by atoms with Gasteiger partial charge in [0.05, 0.1) is 24.3 Å². The van der Waals surface area contributed by atoms with Gasteiger partial charge in [-0.25, -0.2) is 4.79 Å². The standard InChI is InChI=1S/C16H20N2O4/c19-15-14-12(3-1-4-13(14)16(20)21)11-18(15)6-2-5-17-7-9-22-10-8-17/h1,3-4H,2,5-11H2,(H,20,21). The van der Waals surface area contributed by atoms with Crippen LogP contribution < -0.4 is 0 Å². The molecule has 2 heterocycles. The van der Waals surface area contributed by atoms with Crippen LogP contribution in [-0.2, 0) is 11.3 Å². The summed E-state index contributed by atoms with van der Waals surface area (Å²) >= 11 is 0. The van der Waals surface area contributed by atoms with Crippen LogP contribution in [0, 0.1) is 0 Å². The van der Waals surface area contributed by atoms with Gasteiger partial charge in [-0.2, -0.15) is 0 Å². The smallest absolute Gasteiger partial charge is 0.336 e. The third-order valence-corrected chi connectivity index (χ3v) is 4.25. The number of ether oxygens (including phenoxy) is 1. The topological polar surface area (TPSA) is 70.1 Å². The molecule has 3 rings (SSSR count). The highest BCUT2D eigenvalue weighted by Gasteiger charge is 2.31. The Kier molecular flexibility index (Phi) is 4.40. The van der Waals surface area contributed by atoms with Gasteiger partial charge >= 0.3 is 5.97 Å². The molecule has 1 N–H and O–H groups in total. The summed E-state index contributed by atoms with van der Waals surface area (Å²) in [5.41, 5.74) is 1.29. The lowest BCUT2D eigenvalue weighted by atomic mass is 10.0. The normalized spacial score (nSPS) is 18.5. The van der Waals surface area contributed by atoms with Crippen molar-refractivity contribution in [3.63, 3.8) is 0 Å². The van der Waals surface area contributed by atoms with Crippen molar-refractivity contribution >= 4 is 11.9 Å². The maximum atomic E-state index is 12.4. The molecule has 1 amide bonds. The fourth-order valence-corrected chi connectivity index (χ4v) is 3.09. The summed E-state index contributed by atoms with van der Waals surface area (Å²) in [6.45, 7) is 5.54. The Balaban J connectivity index is 1.59. The molecule has 1 aromatic rings. The second-order valence-electron chi connectivity index (χ2n) is 5.68. The summed E-state index contributed by atoms with van der Waals surface area (Å²) in [5.74, 6) is -1.20. The van der Waals surface area contributed by atoms with Gasteiger partial charge in [0, 0.05) is 32.7 Å². The predicted molar refractivity (Wildman–Crippen MR) is 80.0 cm³/mol. The fourth-order valence-electron chi connectivity index (χ4n) is 3.09. The van der Waals surface area contributed by atoms with E-state index in [9.17, 15) is 14.7 Å². The maximum absolute atomic E-state index is 12.4. The van der Waals surface area contributed by atoms with E-state index in [-0.39, 0.29) is 11.5 Å². The first kappa shape index (κ1) is 15.0. The zero-order valence-electron chi connectivity index (χ0n) is 12.5. The molecule has 0 aromatic heterocycles. The number of benzene rings is 1. The van der Waals surface area contributed by atoms with E-state index in [1.54, 1.807) is 11.0 Å². The van der Waals surface area contributed by atoms with Crippen molar-refractivity contribution in [3.05, 3.63) is 34.9 Å². The Morgan fingerprint density at radius 1 is 1.23 bits per heavy atom. The Bertz CT molecular complexity index is 582. The van der Waals surface area contributed by atoms with E-state index in [0.717, 1.165) is 44.8 Å².